The fourth-order valence-electron chi connectivity index (χ4n) is 1.18. The van der Waals surface area contributed by atoms with Crippen molar-refractivity contribution in [1.29, 1.82) is 0 Å². The summed E-state index contributed by atoms with van der Waals surface area (Å²) in [7, 11) is 1.90. The molecule has 1 aromatic heterocycles. The van der Waals surface area contributed by atoms with Crippen molar-refractivity contribution < 1.29 is 46.5 Å². The van der Waals surface area contributed by atoms with Crippen LogP contribution < -0.4 is 5.32 Å². The van der Waals surface area contributed by atoms with Gasteiger partial charge in [0.25, 0.3) is 0 Å². The number of hydrogen-bond acceptors (Lipinski definition) is 6. The number of ether oxygens (including phenoxy) is 3. The molecule has 1 aromatic rings. The maximum atomic E-state index is 5.37. The second-order valence-corrected chi connectivity index (χ2v) is 3.53. The smallest absolute Gasteiger partial charge is 0.0701 e. The quantitative estimate of drug-likeness (QED) is 0.319. The SMILES string of the molecule is CC.CNCCOCCOCCOCCn1[c-]cnn1.[Pa]. The van der Waals surface area contributed by atoms with Gasteiger partial charge in [0, 0.05) is 45.4 Å². The molecule has 0 atom stereocenters. The minimum absolute atomic E-state index is 0. The third kappa shape index (κ3) is 16.3. The van der Waals surface area contributed by atoms with Crippen molar-refractivity contribution in [1.82, 2.24) is 20.3 Å². The van der Waals surface area contributed by atoms with Gasteiger partial charge in [-0.3, -0.25) is 0 Å². The van der Waals surface area contributed by atoms with E-state index in [4.69, 9.17) is 14.2 Å². The van der Waals surface area contributed by atoms with Gasteiger partial charge in [0.05, 0.1) is 39.6 Å². The van der Waals surface area contributed by atoms with Crippen molar-refractivity contribution in [2.45, 2.75) is 20.4 Å². The number of aromatic nitrogens is 3. The zero-order valence-electron chi connectivity index (χ0n) is 13.4. The van der Waals surface area contributed by atoms with Gasteiger partial charge in [0.1, 0.15) is 0 Å². The van der Waals surface area contributed by atoms with Crippen LogP contribution in [0.3, 0.4) is 0 Å². The molecule has 121 valence electrons. The first-order chi connectivity index (χ1) is 9.93. The largest absolute Gasteiger partial charge is 0.424 e. The van der Waals surface area contributed by atoms with Crippen LogP contribution >= 0.6 is 0 Å². The summed E-state index contributed by atoms with van der Waals surface area (Å²) < 4.78 is 17.6. The molecule has 0 aliphatic carbocycles. The van der Waals surface area contributed by atoms with Crippen molar-refractivity contribution in [3.05, 3.63) is 12.4 Å². The molecule has 21 heavy (non-hydrogen) atoms. The van der Waals surface area contributed by atoms with Crippen LogP contribution in [0.1, 0.15) is 13.8 Å². The Balaban J connectivity index is 0. The minimum atomic E-state index is 0. The minimum Gasteiger partial charge on any atom is -0.424 e. The fourth-order valence-corrected chi connectivity index (χ4v) is 1.18. The van der Waals surface area contributed by atoms with Crippen molar-refractivity contribution >= 4 is 0 Å². The molecular formula is C13H27N4O3Pa-. The van der Waals surface area contributed by atoms with E-state index >= 15 is 0 Å². The van der Waals surface area contributed by atoms with Crippen LogP contribution in [0.25, 0.3) is 0 Å². The predicted octanol–water partition coefficient (Wildman–Crippen LogP) is 0.374. The Labute approximate surface area is 152 Å². The van der Waals surface area contributed by atoms with E-state index < -0.39 is 0 Å². The van der Waals surface area contributed by atoms with Crippen molar-refractivity contribution in [2.24, 2.45) is 0 Å². The maximum absolute atomic E-state index is 5.37. The second-order valence-electron chi connectivity index (χ2n) is 3.53. The Hall–Kier alpha value is 0.0709. The van der Waals surface area contributed by atoms with Gasteiger partial charge in [0.15, 0.2) is 0 Å². The molecule has 0 saturated heterocycles. The summed E-state index contributed by atoms with van der Waals surface area (Å²) in [6.45, 7) is 9.20. The predicted molar refractivity (Wildman–Crippen MR) is 76.6 cm³/mol. The first-order valence-corrected chi connectivity index (χ1v) is 7.07. The standard InChI is InChI=1S/C11H21N4O3.C2H6.Pa/c1-12-3-6-16-8-10-18-11-9-17-7-5-15-4-2-13-14-15;1-2;/h2,12H,3,5-11H2,1H3;1-2H3;/q-1;;. The van der Waals surface area contributed by atoms with Gasteiger partial charge >= 0.3 is 0 Å². The summed E-state index contributed by atoms with van der Waals surface area (Å²) in [5, 5.41) is 10.4. The van der Waals surface area contributed by atoms with E-state index in [9.17, 15) is 0 Å². The molecular weight excluding hydrogens is 491 g/mol. The second kappa shape index (κ2) is 20.1. The fraction of sp³-hybridized carbons (Fsp3) is 0.846. The summed E-state index contributed by atoms with van der Waals surface area (Å²) in [5.41, 5.74) is 0. The zero-order valence-corrected chi connectivity index (χ0v) is 18.2. The molecule has 0 fully saturated rings. The Morgan fingerprint density at radius 2 is 1.57 bits per heavy atom. The van der Waals surface area contributed by atoms with E-state index in [1.165, 1.54) is 6.20 Å². The number of nitrogens with one attached hydrogen (secondary N) is 1. The Morgan fingerprint density at radius 1 is 1.00 bits per heavy atom. The molecule has 0 aliphatic heterocycles. The number of nitrogens with zero attached hydrogens (tertiary/aromatic N) is 3. The van der Waals surface area contributed by atoms with Crippen LogP contribution in [0.15, 0.2) is 6.20 Å². The van der Waals surface area contributed by atoms with Crippen LogP contribution in [0.2, 0.25) is 0 Å². The summed E-state index contributed by atoms with van der Waals surface area (Å²) in [4.78, 5) is 0. The molecule has 0 amide bonds. The van der Waals surface area contributed by atoms with Gasteiger partial charge in [-0.05, 0) is 7.05 Å². The Bertz CT molecular complexity index is 276. The molecule has 0 saturated carbocycles. The number of likely N-dealkylation sites (N-methyl/N-ethyl adjacent to an activating group) is 1. The normalized spacial score (nSPS) is 9.67. The molecule has 0 aromatic carbocycles. The van der Waals surface area contributed by atoms with Crippen LogP contribution in [0, 0.1) is 38.5 Å². The molecule has 0 bridgehead atoms. The third-order valence-electron chi connectivity index (χ3n) is 2.11. The molecule has 1 N–H and O–H groups in total. The topological polar surface area (TPSA) is 70.4 Å². The molecule has 8 heteroatoms. The maximum Gasteiger partial charge on any atom is 0.0701 e. The van der Waals surface area contributed by atoms with Crippen molar-refractivity contribution in [3.63, 3.8) is 0 Å². The zero-order chi connectivity index (χ0) is 14.9. The van der Waals surface area contributed by atoms with E-state index in [2.05, 4.69) is 21.8 Å². The van der Waals surface area contributed by atoms with E-state index in [1.54, 1.807) is 4.68 Å². The molecule has 1 heterocycles. The van der Waals surface area contributed by atoms with Gasteiger partial charge in [-0.25, -0.2) is 0 Å². The average Bonchev–Trinajstić information content (AvgIpc) is 3.00. The third-order valence-corrected chi connectivity index (χ3v) is 2.11. The molecule has 0 unspecified atom stereocenters. The Morgan fingerprint density at radius 3 is 2.10 bits per heavy atom. The van der Waals surface area contributed by atoms with Crippen LogP contribution in [0.5, 0.6) is 0 Å². The van der Waals surface area contributed by atoms with E-state index in [1.807, 2.05) is 20.9 Å². The summed E-state index contributed by atoms with van der Waals surface area (Å²) in [6.07, 6.45) is 4.36. The number of hydrogen-bond donors (Lipinski definition) is 1. The molecule has 0 aliphatic rings. The first-order valence-electron chi connectivity index (χ1n) is 7.07. The molecule has 1 radical (unpaired) electrons. The van der Waals surface area contributed by atoms with Crippen LogP contribution in [-0.2, 0) is 20.8 Å². The first kappa shape index (κ1) is 23.3. The monoisotopic (exact) mass is 518 g/mol. The van der Waals surface area contributed by atoms with Crippen LogP contribution in [-0.4, -0.2) is 68.2 Å². The van der Waals surface area contributed by atoms with E-state index in [0.717, 1.165) is 6.54 Å². The van der Waals surface area contributed by atoms with Gasteiger partial charge in [-0.1, -0.05) is 13.8 Å². The molecule has 7 nitrogen and oxygen atoms in total. The Kier molecular flexibility index (Phi) is 22.3. The summed E-state index contributed by atoms with van der Waals surface area (Å²) in [6, 6.07) is 0. The number of rotatable bonds is 12. The molecule has 0 spiro atoms. The summed E-state index contributed by atoms with van der Waals surface area (Å²) >= 11 is 0. The van der Waals surface area contributed by atoms with Gasteiger partial charge in [0.2, 0.25) is 0 Å². The van der Waals surface area contributed by atoms with Crippen molar-refractivity contribution in [3.8, 4) is 0 Å². The average molecular weight is 518 g/mol. The van der Waals surface area contributed by atoms with E-state index in [-0.39, 0.29) is 32.3 Å². The van der Waals surface area contributed by atoms with Crippen LogP contribution in [0.4, 0.5) is 0 Å². The van der Waals surface area contributed by atoms with Gasteiger partial charge in [-0.15, -0.1) is 11.4 Å². The van der Waals surface area contributed by atoms with Gasteiger partial charge in [-0.2, -0.15) is 5.10 Å². The molecule has 1 rings (SSSR count). The van der Waals surface area contributed by atoms with Gasteiger partial charge < -0.3 is 30.4 Å². The van der Waals surface area contributed by atoms with Crippen molar-refractivity contribution in [2.75, 3.05) is 53.2 Å². The summed E-state index contributed by atoms with van der Waals surface area (Å²) in [5.74, 6) is 0. The van der Waals surface area contributed by atoms with E-state index in [0.29, 0.717) is 46.2 Å².